The van der Waals surface area contributed by atoms with E-state index >= 15 is 0 Å². The van der Waals surface area contributed by atoms with E-state index in [1.54, 1.807) is 18.7 Å². The Morgan fingerprint density at radius 3 is 2.43 bits per heavy atom. The van der Waals surface area contributed by atoms with Crippen molar-refractivity contribution in [3.05, 3.63) is 70.9 Å². The van der Waals surface area contributed by atoms with Crippen LogP contribution in [0.4, 0.5) is 5.95 Å². The Kier molecular flexibility index (Phi) is 5.27. The molecular weight excluding hydrogens is 380 g/mol. The number of carbonyl (C=O) groups is 1. The molecule has 0 radical (unpaired) electrons. The molecule has 4 rings (SSSR count). The van der Waals surface area contributed by atoms with E-state index in [1.165, 1.54) is 0 Å². The van der Waals surface area contributed by atoms with E-state index in [-0.39, 0.29) is 5.97 Å². The Hall–Kier alpha value is -3.61. The quantitative estimate of drug-likeness (QED) is 0.645. The third kappa shape index (κ3) is 3.54. The van der Waals surface area contributed by atoms with Crippen LogP contribution in [0.3, 0.4) is 0 Å². The van der Waals surface area contributed by atoms with Gasteiger partial charge in [-0.1, -0.05) is 29.8 Å². The molecule has 2 heterocycles. The fourth-order valence-electron chi connectivity index (χ4n) is 3.54. The van der Waals surface area contributed by atoms with E-state index in [2.05, 4.69) is 10.3 Å². The zero-order valence-corrected chi connectivity index (χ0v) is 17.5. The fourth-order valence-corrected chi connectivity index (χ4v) is 3.54. The van der Waals surface area contributed by atoms with E-state index in [9.17, 15) is 4.79 Å². The van der Waals surface area contributed by atoms with E-state index in [0.29, 0.717) is 29.6 Å². The van der Waals surface area contributed by atoms with Crippen molar-refractivity contribution >= 4 is 11.9 Å². The highest BCUT2D eigenvalue weighted by Gasteiger charge is 2.35. The zero-order chi connectivity index (χ0) is 21.3. The summed E-state index contributed by atoms with van der Waals surface area (Å²) in [5.41, 5.74) is 4.18. The second kappa shape index (κ2) is 8.02. The SMILES string of the molecule is CCOC(=O)C1=C(C)Nc2nc(-c3ccc(OC)cc3)nn2C1c1ccc(C)cc1. The number of benzene rings is 2. The van der Waals surface area contributed by atoms with Crippen molar-refractivity contribution in [2.75, 3.05) is 19.0 Å². The minimum Gasteiger partial charge on any atom is -0.497 e. The number of allylic oxidation sites excluding steroid dienone is 1. The number of aromatic nitrogens is 3. The van der Waals surface area contributed by atoms with Crippen molar-refractivity contribution in [2.45, 2.75) is 26.8 Å². The Morgan fingerprint density at radius 2 is 1.80 bits per heavy atom. The first-order valence-corrected chi connectivity index (χ1v) is 9.84. The molecule has 3 aromatic rings. The van der Waals surface area contributed by atoms with Gasteiger partial charge in [0.15, 0.2) is 5.82 Å². The van der Waals surface area contributed by atoms with E-state index in [0.717, 1.165) is 22.4 Å². The number of aryl methyl sites for hydroxylation is 1. The number of nitrogens with one attached hydrogen (secondary N) is 1. The molecule has 2 aromatic carbocycles. The number of rotatable bonds is 5. The number of esters is 1. The molecule has 154 valence electrons. The number of fused-ring (bicyclic) bond motifs is 1. The highest BCUT2D eigenvalue weighted by Crippen LogP contribution is 2.37. The normalized spacial score (nSPS) is 15.4. The number of anilines is 1. The van der Waals surface area contributed by atoms with Crippen molar-refractivity contribution in [3.8, 4) is 17.1 Å². The van der Waals surface area contributed by atoms with E-state index in [4.69, 9.17) is 14.6 Å². The summed E-state index contributed by atoms with van der Waals surface area (Å²) in [6.07, 6.45) is 0. The predicted molar refractivity (Wildman–Crippen MR) is 114 cm³/mol. The molecule has 1 N–H and O–H groups in total. The molecule has 1 unspecified atom stereocenters. The van der Waals surface area contributed by atoms with E-state index < -0.39 is 6.04 Å². The van der Waals surface area contributed by atoms with E-state index in [1.807, 2.05) is 62.4 Å². The predicted octanol–water partition coefficient (Wildman–Crippen LogP) is 4.11. The number of hydrogen-bond donors (Lipinski definition) is 1. The molecular formula is C23H24N4O3. The van der Waals surface area contributed by atoms with Crippen LogP contribution in [0, 0.1) is 6.92 Å². The molecule has 7 nitrogen and oxygen atoms in total. The average Bonchev–Trinajstić information content (AvgIpc) is 3.17. The minimum atomic E-state index is -0.430. The van der Waals surface area contributed by atoms with Crippen molar-refractivity contribution in [3.63, 3.8) is 0 Å². The van der Waals surface area contributed by atoms with Crippen LogP contribution in [0.2, 0.25) is 0 Å². The van der Waals surface area contributed by atoms with Crippen LogP contribution in [-0.2, 0) is 9.53 Å². The fraction of sp³-hybridized carbons (Fsp3) is 0.261. The standard InChI is InChI=1S/C23H24N4O3/c1-5-30-22(28)19-15(3)24-23-25-21(17-10-12-18(29-4)13-11-17)26-27(23)20(19)16-8-6-14(2)7-9-16/h6-13,20H,5H2,1-4H3,(H,24,25,26). The highest BCUT2D eigenvalue weighted by atomic mass is 16.5. The van der Waals surface area contributed by atoms with Crippen LogP contribution in [0.15, 0.2) is 59.8 Å². The summed E-state index contributed by atoms with van der Waals surface area (Å²) >= 11 is 0. The van der Waals surface area contributed by atoms with Crippen LogP contribution >= 0.6 is 0 Å². The van der Waals surface area contributed by atoms with Gasteiger partial charge in [-0.3, -0.25) is 0 Å². The number of hydrogen-bond acceptors (Lipinski definition) is 6. The maximum atomic E-state index is 12.8. The van der Waals surface area contributed by atoms with Gasteiger partial charge in [0.1, 0.15) is 11.8 Å². The summed E-state index contributed by atoms with van der Waals surface area (Å²) in [7, 11) is 1.63. The van der Waals surface area contributed by atoms with Gasteiger partial charge >= 0.3 is 5.97 Å². The summed E-state index contributed by atoms with van der Waals surface area (Å²) in [6.45, 7) is 5.99. The molecule has 30 heavy (non-hydrogen) atoms. The summed E-state index contributed by atoms with van der Waals surface area (Å²) in [6, 6.07) is 15.2. The third-order valence-electron chi connectivity index (χ3n) is 5.09. The van der Waals surface area contributed by atoms with Crippen LogP contribution in [0.25, 0.3) is 11.4 Å². The molecule has 0 aliphatic carbocycles. The molecule has 0 amide bonds. The molecule has 0 bridgehead atoms. The van der Waals surface area contributed by atoms with Gasteiger partial charge in [0.2, 0.25) is 5.95 Å². The Bertz CT molecular complexity index is 1100. The molecule has 1 aromatic heterocycles. The summed E-state index contributed by atoms with van der Waals surface area (Å²) in [5, 5.41) is 7.96. The first-order valence-electron chi connectivity index (χ1n) is 9.84. The lowest BCUT2D eigenvalue weighted by Crippen LogP contribution is -2.29. The number of carbonyl (C=O) groups excluding carboxylic acids is 1. The molecule has 0 saturated carbocycles. The van der Waals surface area contributed by atoms with Crippen molar-refractivity contribution in [2.24, 2.45) is 0 Å². The van der Waals surface area contributed by atoms with Crippen molar-refractivity contribution in [1.82, 2.24) is 14.8 Å². The Morgan fingerprint density at radius 1 is 1.10 bits per heavy atom. The van der Waals surface area contributed by atoms with Crippen LogP contribution in [0.5, 0.6) is 5.75 Å². The van der Waals surface area contributed by atoms with Crippen molar-refractivity contribution in [1.29, 1.82) is 0 Å². The first kappa shape index (κ1) is 19.7. The number of ether oxygens (including phenoxy) is 2. The maximum Gasteiger partial charge on any atom is 0.338 e. The molecule has 0 fully saturated rings. The molecule has 0 saturated heterocycles. The molecule has 0 spiro atoms. The monoisotopic (exact) mass is 404 g/mol. The number of nitrogens with zero attached hydrogens (tertiary/aromatic N) is 3. The molecule has 1 aliphatic heterocycles. The molecule has 1 atom stereocenters. The van der Waals surface area contributed by atoms with Crippen LogP contribution < -0.4 is 10.1 Å². The zero-order valence-electron chi connectivity index (χ0n) is 17.5. The van der Waals surface area contributed by atoms with Gasteiger partial charge < -0.3 is 14.8 Å². The first-order chi connectivity index (χ1) is 14.5. The van der Waals surface area contributed by atoms with Crippen LogP contribution in [0.1, 0.15) is 31.0 Å². The number of methoxy groups -OCH3 is 1. The summed E-state index contributed by atoms with van der Waals surface area (Å²) in [4.78, 5) is 17.5. The van der Waals surface area contributed by atoms with Gasteiger partial charge in [-0.2, -0.15) is 4.98 Å². The van der Waals surface area contributed by atoms with Crippen LogP contribution in [-0.4, -0.2) is 34.5 Å². The third-order valence-corrected chi connectivity index (χ3v) is 5.09. The summed E-state index contributed by atoms with van der Waals surface area (Å²) in [5.74, 6) is 1.55. The van der Waals surface area contributed by atoms with Gasteiger partial charge in [-0.25, -0.2) is 9.48 Å². The lowest BCUT2D eigenvalue weighted by molar-refractivity contribution is -0.139. The summed E-state index contributed by atoms with van der Waals surface area (Å²) < 4.78 is 12.3. The maximum absolute atomic E-state index is 12.8. The Labute approximate surface area is 175 Å². The largest absolute Gasteiger partial charge is 0.497 e. The second-order valence-electron chi connectivity index (χ2n) is 7.13. The topological polar surface area (TPSA) is 78.3 Å². The van der Waals surface area contributed by atoms with Crippen molar-refractivity contribution < 1.29 is 14.3 Å². The second-order valence-corrected chi connectivity index (χ2v) is 7.13. The van der Waals surface area contributed by atoms with Gasteiger partial charge in [-0.15, -0.1) is 5.10 Å². The van der Waals surface area contributed by atoms with Gasteiger partial charge in [0, 0.05) is 11.3 Å². The minimum absolute atomic E-state index is 0.303. The molecule has 7 heteroatoms. The lowest BCUT2D eigenvalue weighted by Gasteiger charge is -2.28. The highest BCUT2D eigenvalue weighted by molar-refractivity contribution is 5.92. The Balaban J connectivity index is 1.82. The average molecular weight is 404 g/mol. The smallest absolute Gasteiger partial charge is 0.338 e. The molecule has 1 aliphatic rings. The van der Waals surface area contributed by atoms with Gasteiger partial charge in [0.05, 0.1) is 19.3 Å². The van der Waals surface area contributed by atoms with Gasteiger partial charge in [-0.05, 0) is 50.6 Å². The lowest BCUT2D eigenvalue weighted by atomic mass is 9.95. The van der Waals surface area contributed by atoms with Gasteiger partial charge in [0.25, 0.3) is 0 Å².